The highest BCUT2D eigenvalue weighted by Gasteiger charge is 2.31. The number of nitrogens with zero attached hydrogens (tertiary/aromatic N) is 4. The Morgan fingerprint density at radius 1 is 1.38 bits per heavy atom. The van der Waals surface area contributed by atoms with Gasteiger partial charge >= 0.3 is 0 Å². The van der Waals surface area contributed by atoms with Crippen LogP contribution in [0.4, 0.5) is 4.39 Å². The van der Waals surface area contributed by atoms with Gasteiger partial charge in [0.25, 0.3) is 0 Å². The summed E-state index contributed by atoms with van der Waals surface area (Å²) >= 11 is 7.84. The van der Waals surface area contributed by atoms with Crippen LogP contribution in [0.25, 0.3) is 0 Å². The number of allylic oxidation sites excluding steroid dienone is 1. The Morgan fingerprint density at radius 3 is 2.88 bits per heavy atom. The summed E-state index contributed by atoms with van der Waals surface area (Å²) in [5, 5.41) is 2.99. The van der Waals surface area contributed by atoms with E-state index in [1.54, 1.807) is 12.3 Å². The molecular weight excluding hydrogens is 373 g/mol. The number of amidine groups is 1. The van der Waals surface area contributed by atoms with E-state index in [1.165, 1.54) is 23.5 Å². The van der Waals surface area contributed by atoms with Crippen LogP contribution in [0, 0.1) is 5.82 Å². The first-order valence-corrected chi connectivity index (χ1v) is 9.33. The van der Waals surface area contributed by atoms with Crippen molar-refractivity contribution in [3.63, 3.8) is 0 Å². The molecule has 0 saturated heterocycles. The van der Waals surface area contributed by atoms with Gasteiger partial charge in [-0.1, -0.05) is 17.7 Å². The van der Waals surface area contributed by atoms with Crippen LogP contribution < -0.4 is 5.43 Å². The van der Waals surface area contributed by atoms with E-state index in [2.05, 4.69) is 15.4 Å². The smallest absolute Gasteiger partial charge is 0.185 e. The third-order valence-electron chi connectivity index (χ3n) is 4.27. The van der Waals surface area contributed by atoms with Crippen LogP contribution in [0.5, 0.6) is 0 Å². The summed E-state index contributed by atoms with van der Waals surface area (Å²) in [4.78, 5) is 13.8. The molecule has 2 aromatic rings. The van der Waals surface area contributed by atoms with Gasteiger partial charge in [0.1, 0.15) is 11.9 Å². The van der Waals surface area contributed by atoms with Crippen molar-refractivity contribution in [3.05, 3.63) is 62.5 Å². The molecule has 26 heavy (non-hydrogen) atoms. The molecule has 0 fully saturated rings. The molecular formula is C18H16ClFN5S+. The molecule has 1 atom stereocenters. The van der Waals surface area contributed by atoms with Crippen molar-refractivity contribution in [2.75, 3.05) is 7.05 Å². The fourth-order valence-electron chi connectivity index (χ4n) is 3.10. The highest BCUT2D eigenvalue weighted by Crippen LogP contribution is 2.37. The number of nitrogens with one attached hydrogen (secondary N) is 1. The molecule has 2 aliphatic rings. The first-order valence-electron chi connectivity index (χ1n) is 8.07. The fraction of sp³-hybridized carbons (Fsp3) is 0.222. The molecule has 0 saturated carbocycles. The summed E-state index contributed by atoms with van der Waals surface area (Å²) in [5.74, 6) is 0.202. The molecule has 5 nitrogen and oxygen atoms in total. The topological polar surface area (TPSA) is 52.6 Å². The minimum Gasteiger partial charge on any atom is -0.251 e. The number of hydrogen-bond acceptors (Lipinski definition) is 5. The van der Waals surface area contributed by atoms with E-state index in [4.69, 9.17) is 16.6 Å². The van der Waals surface area contributed by atoms with Crippen LogP contribution in [0.3, 0.4) is 0 Å². The van der Waals surface area contributed by atoms with Gasteiger partial charge in [0.15, 0.2) is 24.1 Å². The quantitative estimate of drug-likeness (QED) is 0.796. The van der Waals surface area contributed by atoms with E-state index in [1.807, 2.05) is 30.3 Å². The van der Waals surface area contributed by atoms with Gasteiger partial charge in [-0.3, -0.25) is 4.99 Å². The zero-order valence-corrected chi connectivity index (χ0v) is 15.8. The predicted octanol–water partition coefficient (Wildman–Crippen LogP) is 3.77. The van der Waals surface area contributed by atoms with Crippen LogP contribution in [-0.2, 0) is 0 Å². The summed E-state index contributed by atoms with van der Waals surface area (Å²) in [6.07, 6.45) is 4.51. The number of hydrazine groups is 1. The van der Waals surface area contributed by atoms with E-state index < -0.39 is 0 Å². The van der Waals surface area contributed by atoms with Gasteiger partial charge in [0.05, 0.1) is 12.1 Å². The molecule has 8 heteroatoms. The molecule has 3 heterocycles. The van der Waals surface area contributed by atoms with Crippen molar-refractivity contribution in [1.29, 1.82) is 0 Å². The molecule has 0 amide bonds. The molecule has 1 aromatic carbocycles. The zero-order valence-electron chi connectivity index (χ0n) is 14.2. The van der Waals surface area contributed by atoms with Crippen molar-refractivity contribution in [1.82, 2.24) is 10.4 Å². The van der Waals surface area contributed by atoms with E-state index >= 15 is 0 Å². The minimum absolute atomic E-state index is 0.348. The average molecular weight is 389 g/mol. The average Bonchev–Trinajstić information content (AvgIpc) is 3.26. The van der Waals surface area contributed by atoms with Crippen molar-refractivity contribution in [2.45, 2.75) is 19.4 Å². The molecule has 0 aliphatic carbocycles. The minimum atomic E-state index is -0.373. The fourth-order valence-corrected chi connectivity index (χ4v) is 3.95. The molecule has 0 bridgehead atoms. The number of thiazole rings is 1. The van der Waals surface area contributed by atoms with Crippen LogP contribution in [0.15, 0.2) is 51.0 Å². The first kappa shape index (κ1) is 17.1. The normalized spacial score (nSPS) is 22.6. The zero-order chi connectivity index (χ0) is 18.3. The van der Waals surface area contributed by atoms with Gasteiger partial charge in [-0.05, 0) is 19.1 Å². The Morgan fingerprint density at radius 2 is 2.23 bits per heavy atom. The number of halogens is 2. The summed E-state index contributed by atoms with van der Waals surface area (Å²) in [6.45, 7) is 1.95. The van der Waals surface area contributed by atoms with Gasteiger partial charge in [0.2, 0.25) is 0 Å². The van der Waals surface area contributed by atoms with Gasteiger partial charge in [0, 0.05) is 33.4 Å². The summed E-state index contributed by atoms with van der Waals surface area (Å²) in [7, 11) is 1.94. The number of aromatic nitrogens is 1. The highest BCUT2D eigenvalue weighted by molar-refractivity contribution is 7.11. The molecule has 0 spiro atoms. The number of rotatable bonds is 2. The molecule has 1 N–H and O–H groups in total. The monoisotopic (exact) mass is 388 g/mol. The first-order chi connectivity index (χ1) is 12.5. The van der Waals surface area contributed by atoms with Gasteiger partial charge in [-0.15, -0.1) is 16.0 Å². The Labute approximate surface area is 159 Å². The maximum atomic E-state index is 13.6. The lowest BCUT2D eigenvalue weighted by molar-refractivity contribution is -0.540. The number of benzene rings is 1. The van der Waals surface area contributed by atoms with E-state index in [0.717, 1.165) is 34.0 Å². The van der Waals surface area contributed by atoms with Gasteiger partial charge in [-0.25, -0.2) is 14.4 Å². The SMILES string of the molecule is CC1=NC(c2nccs2)=NC(c2ccc(F)cc2Cl)C1=C1CC=[N+](C)N1. The Kier molecular flexibility index (Phi) is 4.42. The molecule has 4 rings (SSSR count). The van der Waals surface area contributed by atoms with Crippen LogP contribution >= 0.6 is 22.9 Å². The third kappa shape index (κ3) is 3.08. The maximum Gasteiger partial charge on any atom is 0.185 e. The van der Waals surface area contributed by atoms with Crippen molar-refractivity contribution in [2.24, 2.45) is 9.98 Å². The number of aliphatic imine (C=N–C) groups is 2. The van der Waals surface area contributed by atoms with Crippen LogP contribution in [0.1, 0.15) is 30.0 Å². The van der Waals surface area contributed by atoms with Crippen LogP contribution in [0.2, 0.25) is 5.02 Å². The lowest BCUT2D eigenvalue weighted by Crippen LogP contribution is -2.25. The van der Waals surface area contributed by atoms with E-state index in [9.17, 15) is 4.39 Å². The molecule has 132 valence electrons. The van der Waals surface area contributed by atoms with E-state index in [-0.39, 0.29) is 11.9 Å². The van der Waals surface area contributed by atoms with Gasteiger partial charge < -0.3 is 0 Å². The van der Waals surface area contributed by atoms with Crippen molar-refractivity contribution >= 4 is 40.7 Å². The molecule has 1 unspecified atom stereocenters. The second kappa shape index (κ2) is 6.74. The predicted molar refractivity (Wildman–Crippen MR) is 103 cm³/mol. The third-order valence-corrected chi connectivity index (χ3v) is 5.37. The summed E-state index contributed by atoms with van der Waals surface area (Å²) < 4.78 is 15.5. The standard InChI is InChI=1S/C18H16ClFN5S/c1-10-15(14-5-7-25(2)24-14)16(12-4-3-11(20)9-13(12)19)23-17(22-10)18-21-6-8-26-18/h3-4,6-9,16,24H,5H2,1-2H3/q+1. The second-order valence-corrected chi connectivity index (χ2v) is 7.36. The van der Waals surface area contributed by atoms with Gasteiger partial charge in [-0.2, -0.15) is 5.43 Å². The molecule has 0 radical (unpaired) electrons. The van der Waals surface area contributed by atoms with E-state index in [0.29, 0.717) is 10.9 Å². The summed E-state index contributed by atoms with van der Waals surface area (Å²) in [6, 6.07) is 4.04. The molecule has 1 aromatic heterocycles. The maximum absolute atomic E-state index is 13.6. The lowest BCUT2D eigenvalue weighted by Gasteiger charge is -2.24. The number of hydrogen-bond donors (Lipinski definition) is 1. The second-order valence-electron chi connectivity index (χ2n) is 6.06. The Balaban J connectivity index is 1.88. The largest absolute Gasteiger partial charge is 0.251 e. The Bertz CT molecular complexity index is 991. The van der Waals surface area contributed by atoms with Crippen LogP contribution in [-0.4, -0.2) is 34.5 Å². The number of hydrazone groups is 1. The van der Waals surface area contributed by atoms with Crippen molar-refractivity contribution in [3.8, 4) is 0 Å². The highest BCUT2D eigenvalue weighted by atomic mass is 35.5. The lowest BCUT2D eigenvalue weighted by atomic mass is 9.92. The molecule has 2 aliphatic heterocycles. The van der Waals surface area contributed by atoms with Crippen molar-refractivity contribution < 1.29 is 9.07 Å². The summed E-state index contributed by atoms with van der Waals surface area (Å²) in [5.41, 5.74) is 6.88. The Hall–Kier alpha value is -2.38.